The summed E-state index contributed by atoms with van der Waals surface area (Å²) < 4.78 is 5.82. The smallest absolute Gasteiger partial charge is 0.326 e. The van der Waals surface area contributed by atoms with E-state index in [9.17, 15) is 14.7 Å². The van der Waals surface area contributed by atoms with Gasteiger partial charge in [-0.05, 0) is 30.7 Å². The van der Waals surface area contributed by atoms with Gasteiger partial charge in [-0.2, -0.15) is 0 Å². The summed E-state index contributed by atoms with van der Waals surface area (Å²) in [6.45, 7) is 1.47. The first kappa shape index (κ1) is 15.9. The largest absolute Gasteiger partial charge is 0.480 e. The second-order valence-electron chi connectivity index (χ2n) is 5.75. The Morgan fingerprint density at radius 2 is 2.00 bits per heavy atom. The summed E-state index contributed by atoms with van der Waals surface area (Å²) in [4.78, 5) is 25.5. The van der Waals surface area contributed by atoms with E-state index >= 15 is 0 Å². The van der Waals surface area contributed by atoms with Crippen LogP contribution in [0.4, 0.5) is 11.4 Å². The number of hydrogen-bond donors (Lipinski definition) is 2. The number of ether oxygens (including phenoxy) is 1. The van der Waals surface area contributed by atoms with Crippen LogP contribution < -0.4 is 15.4 Å². The molecule has 2 unspecified atom stereocenters. The van der Waals surface area contributed by atoms with Crippen molar-refractivity contribution in [1.82, 2.24) is 0 Å². The fourth-order valence-corrected chi connectivity index (χ4v) is 2.77. The highest BCUT2D eigenvalue weighted by atomic mass is 16.5. The molecule has 0 bridgehead atoms. The summed E-state index contributed by atoms with van der Waals surface area (Å²) in [5, 5.41) is 9.36. The van der Waals surface area contributed by atoms with Gasteiger partial charge in [0.25, 0.3) is 5.91 Å². The summed E-state index contributed by atoms with van der Waals surface area (Å²) in [6.07, 6.45) is -0.405. The van der Waals surface area contributed by atoms with Gasteiger partial charge in [0.2, 0.25) is 0 Å². The van der Waals surface area contributed by atoms with Crippen LogP contribution in [0.3, 0.4) is 0 Å². The number of aliphatic carboxylic acids is 1. The van der Waals surface area contributed by atoms with Gasteiger partial charge in [-0.15, -0.1) is 0 Å². The summed E-state index contributed by atoms with van der Waals surface area (Å²) >= 11 is 0. The topological polar surface area (TPSA) is 92.9 Å². The van der Waals surface area contributed by atoms with Gasteiger partial charge in [0.15, 0.2) is 6.10 Å². The Kier molecular flexibility index (Phi) is 4.12. The highest BCUT2D eigenvalue weighted by Crippen LogP contribution is 2.37. The van der Waals surface area contributed by atoms with Crippen molar-refractivity contribution >= 4 is 23.3 Å². The Morgan fingerprint density at radius 1 is 1.29 bits per heavy atom. The summed E-state index contributed by atoms with van der Waals surface area (Å²) in [7, 11) is 0. The fourth-order valence-electron chi connectivity index (χ4n) is 2.77. The predicted molar refractivity (Wildman–Crippen MR) is 90.0 cm³/mol. The Balaban J connectivity index is 1.99. The van der Waals surface area contributed by atoms with E-state index in [0.29, 0.717) is 23.5 Å². The minimum absolute atomic E-state index is 0.367. The Bertz CT molecular complexity index is 776. The van der Waals surface area contributed by atoms with E-state index in [0.717, 1.165) is 5.56 Å². The van der Waals surface area contributed by atoms with Crippen molar-refractivity contribution in [3.63, 3.8) is 0 Å². The second kappa shape index (κ2) is 6.23. The standard InChI is InChI=1S/C18H18N2O4/c1-11(18(22)23)20-14-10-13(19)7-8-15(14)24-16(17(20)21)9-12-5-3-2-4-6-12/h2-8,10-11,16H,9,19H2,1H3,(H,22,23). The van der Waals surface area contributed by atoms with Crippen molar-refractivity contribution in [2.45, 2.75) is 25.5 Å². The van der Waals surface area contributed by atoms with Crippen molar-refractivity contribution in [2.75, 3.05) is 10.6 Å². The van der Waals surface area contributed by atoms with Crippen molar-refractivity contribution in [2.24, 2.45) is 0 Å². The van der Waals surface area contributed by atoms with Crippen LogP contribution in [0.5, 0.6) is 5.75 Å². The molecule has 0 fully saturated rings. The molecule has 1 aliphatic heterocycles. The van der Waals surface area contributed by atoms with Crippen molar-refractivity contribution < 1.29 is 19.4 Å². The number of nitrogen functional groups attached to an aromatic ring is 1. The van der Waals surface area contributed by atoms with E-state index < -0.39 is 18.1 Å². The second-order valence-corrected chi connectivity index (χ2v) is 5.75. The van der Waals surface area contributed by atoms with Gasteiger partial charge in [0, 0.05) is 12.1 Å². The average Bonchev–Trinajstić information content (AvgIpc) is 2.56. The molecule has 2 aromatic carbocycles. The lowest BCUT2D eigenvalue weighted by Gasteiger charge is -2.36. The molecular formula is C18H18N2O4. The third-order valence-corrected chi connectivity index (χ3v) is 4.03. The van der Waals surface area contributed by atoms with Gasteiger partial charge >= 0.3 is 5.97 Å². The number of nitrogens with zero attached hydrogens (tertiary/aromatic N) is 1. The number of benzene rings is 2. The van der Waals surface area contributed by atoms with E-state index in [4.69, 9.17) is 10.5 Å². The van der Waals surface area contributed by atoms with E-state index in [1.807, 2.05) is 30.3 Å². The Morgan fingerprint density at radius 3 is 2.67 bits per heavy atom. The summed E-state index contributed by atoms with van der Waals surface area (Å²) in [5.41, 5.74) is 7.55. The maximum atomic E-state index is 12.8. The zero-order valence-corrected chi connectivity index (χ0v) is 13.2. The molecule has 0 aromatic heterocycles. The quantitative estimate of drug-likeness (QED) is 0.839. The molecule has 6 heteroatoms. The van der Waals surface area contributed by atoms with Gasteiger partial charge in [0.1, 0.15) is 11.8 Å². The lowest BCUT2D eigenvalue weighted by atomic mass is 10.0. The van der Waals surface area contributed by atoms with E-state index in [1.54, 1.807) is 18.2 Å². The van der Waals surface area contributed by atoms with Crippen LogP contribution in [-0.2, 0) is 16.0 Å². The monoisotopic (exact) mass is 326 g/mol. The number of carbonyl (C=O) groups excluding carboxylic acids is 1. The predicted octanol–water partition coefficient (Wildman–Crippen LogP) is 2.08. The van der Waals surface area contributed by atoms with Crippen LogP contribution in [-0.4, -0.2) is 29.1 Å². The molecule has 1 heterocycles. The molecule has 2 atom stereocenters. The molecular weight excluding hydrogens is 308 g/mol. The van der Waals surface area contributed by atoms with Gasteiger partial charge in [-0.3, -0.25) is 9.69 Å². The maximum Gasteiger partial charge on any atom is 0.326 e. The molecule has 3 rings (SSSR count). The van der Waals surface area contributed by atoms with Crippen molar-refractivity contribution in [1.29, 1.82) is 0 Å². The number of fused-ring (bicyclic) bond motifs is 1. The van der Waals surface area contributed by atoms with Crippen LogP contribution in [0, 0.1) is 0 Å². The molecule has 0 saturated heterocycles. The number of carboxylic acid groups (broad SMARTS) is 1. The zero-order chi connectivity index (χ0) is 17.3. The van der Waals surface area contributed by atoms with Gasteiger partial charge in [-0.25, -0.2) is 4.79 Å². The molecule has 3 N–H and O–H groups in total. The van der Waals surface area contributed by atoms with Gasteiger partial charge < -0.3 is 15.6 Å². The van der Waals surface area contributed by atoms with Crippen LogP contribution in [0.25, 0.3) is 0 Å². The number of carbonyl (C=O) groups is 2. The van der Waals surface area contributed by atoms with Crippen LogP contribution in [0.2, 0.25) is 0 Å². The van der Waals surface area contributed by atoms with E-state index in [-0.39, 0.29) is 5.91 Å². The maximum absolute atomic E-state index is 12.8. The lowest BCUT2D eigenvalue weighted by Crippen LogP contribution is -2.53. The van der Waals surface area contributed by atoms with Gasteiger partial charge in [-0.1, -0.05) is 30.3 Å². The van der Waals surface area contributed by atoms with Crippen LogP contribution >= 0.6 is 0 Å². The normalized spacial score (nSPS) is 17.8. The molecule has 6 nitrogen and oxygen atoms in total. The number of hydrogen-bond acceptors (Lipinski definition) is 4. The Hall–Kier alpha value is -3.02. The first-order chi connectivity index (χ1) is 11.5. The zero-order valence-electron chi connectivity index (χ0n) is 13.2. The van der Waals surface area contributed by atoms with E-state index in [1.165, 1.54) is 11.8 Å². The first-order valence-electron chi connectivity index (χ1n) is 7.63. The Labute approximate surface area is 139 Å². The van der Waals surface area contributed by atoms with Crippen molar-refractivity contribution in [3.05, 3.63) is 54.1 Å². The lowest BCUT2D eigenvalue weighted by molar-refractivity contribution is -0.140. The highest BCUT2D eigenvalue weighted by Gasteiger charge is 2.39. The molecule has 0 aliphatic carbocycles. The summed E-state index contributed by atoms with van der Waals surface area (Å²) in [5.74, 6) is -1.01. The highest BCUT2D eigenvalue weighted by molar-refractivity contribution is 6.04. The molecule has 2 aromatic rings. The van der Waals surface area contributed by atoms with Crippen LogP contribution in [0.15, 0.2) is 48.5 Å². The number of rotatable bonds is 4. The number of amides is 1. The van der Waals surface area contributed by atoms with Crippen molar-refractivity contribution in [3.8, 4) is 5.75 Å². The number of carboxylic acids is 1. The van der Waals surface area contributed by atoms with Gasteiger partial charge in [0.05, 0.1) is 5.69 Å². The molecule has 24 heavy (non-hydrogen) atoms. The molecule has 0 spiro atoms. The van der Waals surface area contributed by atoms with Crippen LogP contribution in [0.1, 0.15) is 12.5 Å². The minimum Gasteiger partial charge on any atom is -0.480 e. The minimum atomic E-state index is -1.09. The molecule has 1 amide bonds. The average molecular weight is 326 g/mol. The SMILES string of the molecule is CC(C(=O)O)N1C(=O)C(Cc2ccccc2)Oc2ccc(N)cc21. The van der Waals surface area contributed by atoms with E-state index in [2.05, 4.69) is 0 Å². The molecule has 1 aliphatic rings. The third kappa shape index (κ3) is 2.90. The molecule has 0 saturated carbocycles. The number of nitrogens with two attached hydrogens (primary N) is 1. The molecule has 124 valence electrons. The fraction of sp³-hybridized carbons (Fsp3) is 0.222. The molecule has 0 radical (unpaired) electrons. The summed E-state index contributed by atoms with van der Waals surface area (Å²) in [6, 6.07) is 13.3. The first-order valence-corrected chi connectivity index (χ1v) is 7.63. The number of anilines is 2. The third-order valence-electron chi connectivity index (χ3n) is 4.03.